The van der Waals surface area contributed by atoms with Crippen LogP contribution in [0.15, 0.2) is 30.5 Å². The zero-order valence-electron chi connectivity index (χ0n) is 21.2. The molecule has 1 aromatic carbocycles. The molecule has 1 aromatic heterocycles. The van der Waals surface area contributed by atoms with Gasteiger partial charge in [-0.2, -0.15) is 13.9 Å². The number of hydrogen-bond acceptors (Lipinski definition) is 6. The molecule has 1 aliphatic heterocycles. The molecule has 0 bridgehead atoms. The van der Waals surface area contributed by atoms with Gasteiger partial charge in [0.2, 0.25) is 0 Å². The molecule has 1 fully saturated rings. The minimum atomic E-state index is -3.05. The van der Waals surface area contributed by atoms with Gasteiger partial charge in [-0.15, -0.1) is 0 Å². The highest BCUT2D eigenvalue weighted by Crippen LogP contribution is 2.37. The van der Waals surface area contributed by atoms with Gasteiger partial charge in [-0.1, -0.05) is 32.4 Å². The van der Waals surface area contributed by atoms with Crippen LogP contribution >= 0.6 is 11.6 Å². The first-order valence-electron chi connectivity index (χ1n) is 12.1. The summed E-state index contributed by atoms with van der Waals surface area (Å²) in [5, 5.41) is 7.60. The molecule has 36 heavy (non-hydrogen) atoms. The second-order valence-corrected chi connectivity index (χ2v) is 9.95. The van der Waals surface area contributed by atoms with Gasteiger partial charge in [-0.3, -0.25) is 9.48 Å². The van der Waals surface area contributed by atoms with E-state index in [1.807, 2.05) is 19.9 Å². The zero-order valence-corrected chi connectivity index (χ0v) is 21.9. The van der Waals surface area contributed by atoms with Gasteiger partial charge in [0.1, 0.15) is 12.3 Å². The van der Waals surface area contributed by atoms with Crippen LogP contribution in [0.3, 0.4) is 0 Å². The van der Waals surface area contributed by atoms with Gasteiger partial charge in [-0.25, -0.2) is 0 Å². The fraction of sp³-hybridized carbons (Fsp3) is 0.600. The smallest absolute Gasteiger partial charge is 0.387 e. The predicted octanol–water partition coefficient (Wildman–Crippen LogP) is 4.95. The average Bonchev–Trinajstić information content (AvgIpc) is 3.32. The van der Waals surface area contributed by atoms with Crippen LogP contribution in [0.5, 0.6) is 5.75 Å². The number of amides is 1. The number of nitrogens with zero attached hydrogens (tertiary/aromatic N) is 3. The zero-order chi connectivity index (χ0) is 26.3. The van der Waals surface area contributed by atoms with Crippen LogP contribution in [0.1, 0.15) is 45.2 Å². The van der Waals surface area contributed by atoms with Crippen LogP contribution < -0.4 is 10.1 Å². The third-order valence-electron chi connectivity index (χ3n) is 6.36. The summed E-state index contributed by atoms with van der Waals surface area (Å²) in [6, 6.07) is 6.16. The van der Waals surface area contributed by atoms with Crippen LogP contribution in [0.25, 0.3) is 0 Å². The number of aromatic nitrogens is 2. The Morgan fingerprint density at radius 2 is 1.94 bits per heavy atom. The molecule has 0 saturated carbocycles. The van der Waals surface area contributed by atoms with E-state index < -0.39 is 12.2 Å². The Labute approximate surface area is 215 Å². The Hall–Kier alpha value is -2.27. The fourth-order valence-electron chi connectivity index (χ4n) is 4.61. The Morgan fingerprint density at radius 1 is 1.22 bits per heavy atom. The van der Waals surface area contributed by atoms with Crippen molar-refractivity contribution < 1.29 is 27.8 Å². The molecule has 1 aliphatic rings. The molecular formula is C25H35ClF2N4O4. The fourth-order valence-corrected chi connectivity index (χ4v) is 4.77. The molecular weight excluding hydrogens is 494 g/mol. The average molecular weight is 529 g/mol. The number of piperidine rings is 1. The van der Waals surface area contributed by atoms with E-state index in [0.29, 0.717) is 38.5 Å². The van der Waals surface area contributed by atoms with Crippen molar-refractivity contribution in [3.05, 3.63) is 41.2 Å². The lowest BCUT2D eigenvalue weighted by atomic mass is 9.85. The van der Waals surface area contributed by atoms with Crippen molar-refractivity contribution in [2.45, 2.75) is 51.7 Å². The summed E-state index contributed by atoms with van der Waals surface area (Å²) in [4.78, 5) is 16.2. The standard InChI is InChI=1S/C25H35ClF2N4O4/c1-17(2)21-7-10-29-32(21)25(8-11-31(12-9-25)14-18(3)15-35-16-34-4)23(33)30-20-6-5-19(26)13-22(20)36-24(27)28/h5-7,10,13,17-18,24H,8-9,11-12,14-16H2,1-4H3,(H,30,33). The summed E-state index contributed by atoms with van der Waals surface area (Å²) < 4.78 is 42.8. The van der Waals surface area contributed by atoms with Crippen molar-refractivity contribution in [1.29, 1.82) is 0 Å². The maximum Gasteiger partial charge on any atom is 0.387 e. The number of ether oxygens (including phenoxy) is 3. The molecule has 1 atom stereocenters. The molecule has 1 amide bonds. The Kier molecular flexibility index (Phi) is 10.1. The lowest BCUT2D eigenvalue weighted by Crippen LogP contribution is -2.54. The molecule has 2 heterocycles. The minimum absolute atomic E-state index is 0.133. The number of halogens is 3. The number of carbonyl (C=O) groups excluding carboxylic acids is 1. The van der Waals surface area contributed by atoms with E-state index in [-0.39, 0.29) is 35.1 Å². The van der Waals surface area contributed by atoms with Gasteiger partial charge in [-0.05, 0) is 42.9 Å². The van der Waals surface area contributed by atoms with Gasteiger partial charge in [0.15, 0.2) is 5.75 Å². The van der Waals surface area contributed by atoms with Crippen molar-refractivity contribution in [3.8, 4) is 5.75 Å². The van der Waals surface area contributed by atoms with E-state index in [2.05, 4.69) is 27.0 Å². The Balaban J connectivity index is 1.84. The van der Waals surface area contributed by atoms with Gasteiger partial charge in [0, 0.05) is 49.7 Å². The number of hydrogen-bond donors (Lipinski definition) is 1. The van der Waals surface area contributed by atoms with Gasteiger partial charge in [0.25, 0.3) is 5.91 Å². The number of methoxy groups -OCH3 is 1. The van der Waals surface area contributed by atoms with E-state index in [4.69, 9.17) is 21.1 Å². The van der Waals surface area contributed by atoms with Crippen molar-refractivity contribution in [2.75, 3.05) is 45.5 Å². The first kappa shape index (κ1) is 28.3. The van der Waals surface area contributed by atoms with Crippen LogP contribution in [0.2, 0.25) is 5.02 Å². The molecule has 3 rings (SSSR count). The number of benzene rings is 1. The number of nitrogens with one attached hydrogen (secondary N) is 1. The van der Waals surface area contributed by atoms with Crippen LogP contribution in [-0.4, -0.2) is 67.3 Å². The second-order valence-electron chi connectivity index (χ2n) is 9.51. The van der Waals surface area contributed by atoms with E-state index >= 15 is 0 Å². The number of alkyl halides is 2. The second kappa shape index (κ2) is 12.8. The molecule has 2 aromatic rings. The monoisotopic (exact) mass is 528 g/mol. The lowest BCUT2D eigenvalue weighted by molar-refractivity contribution is -0.128. The minimum Gasteiger partial charge on any atom is -0.433 e. The molecule has 8 nitrogen and oxygen atoms in total. The van der Waals surface area contributed by atoms with Crippen molar-refractivity contribution in [3.63, 3.8) is 0 Å². The Bertz CT molecular complexity index is 996. The maximum atomic E-state index is 13.9. The van der Waals surface area contributed by atoms with E-state index in [1.165, 1.54) is 18.2 Å². The molecule has 1 saturated heterocycles. The lowest BCUT2D eigenvalue weighted by Gasteiger charge is -2.42. The third kappa shape index (κ3) is 6.94. The maximum absolute atomic E-state index is 13.9. The quantitative estimate of drug-likeness (QED) is 0.310. The molecule has 11 heteroatoms. The number of likely N-dealkylation sites (tertiary alicyclic amines) is 1. The summed E-state index contributed by atoms with van der Waals surface area (Å²) in [6.45, 7) is 6.14. The molecule has 0 radical (unpaired) electrons. The van der Waals surface area contributed by atoms with Gasteiger partial charge in [0.05, 0.1) is 12.3 Å². The summed E-state index contributed by atoms with van der Waals surface area (Å²) in [7, 11) is 1.59. The summed E-state index contributed by atoms with van der Waals surface area (Å²) in [5.41, 5.74) is 0.0747. The first-order chi connectivity index (χ1) is 17.2. The highest BCUT2D eigenvalue weighted by molar-refractivity contribution is 6.30. The predicted molar refractivity (Wildman–Crippen MR) is 134 cm³/mol. The van der Waals surface area contributed by atoms with Gasteiger partial charge >= 0.3 is 6.61 Å². The van der Waals surface area contributed by atoms with Crippen LogP contribution in [0.4, 0.5) is 14.5 Å². The van der Waals surface area contributed by atoms with Crippen molar-refractivity contribution in [2.24, 2.45) is 5.92 Å². The SMILES string of the molecule is COCOCC(C)CN1CCC(C(=O)Nc2ccc(Cl)cc2OC(F)F)(n2nccc2C(C)C)CC1. The first-order valence-corrected chi connectivity index (χ1v) is 12.4. The molecule has 1 N–H and O–H groups in total. The molecule has 200 valence electrons. The van der Waals surface area contributed by atoms with E-state index in [9.17, 15) is 13.6 Å². The number of anilines is 1. The summed E-state index contributed by atoms with van der Waals surface area (Å²) in [6.07, 6.45) is 2.70. The molecule has 0 aliphatic carbocycles. The van der Waals surface area contributed by atoms with Gasteiger partial charge < -0.3 is 24.4 Å². The molecule has 0 spiro atoms. The normalized spacial score (nSPS) is 16.9. The summed E-state index contributed by atoms with van der Waals surface area (Å²) >= 11 is 5.97. The van der Waals surface area contributed by atoms with Crippen LogP contribution in [0, 0.1) is 5.92 Å². The number of carbonyl (C=O) groups is 1. The highest BCUT2D eigenvalue weighted by atomic mass is 35.5. The Morgan fingerprint density at radius 3 is 2.58 bits per heavy atom. The third-order valence-corrected chi connectivity index (χ3v) is 6.59. The van der Waals surface area contributed by atoms with E-state index in [0.717, 1.165) is 12.2 Å². The van der Waals surface area contributed by atoms with Crippen molar-refractivity contribution in [1.82, 2.24) is 14.7 Å². The van der Waals surface area contributed by atoms with E-state index in [1.54, 1.807) is 18.0 Å². The van der Waals surface area contributed by atoms with Crippen molar-refractivity contribution >= 4 is 23.2 Å². The largest absolute Gasteiger partial charge is 0.433 e. The molecule has 1 unspecified atom stereocenters. The van der Waals surface area contributed by atoms with Crippen LogP contribution in [-0.2, 0) is 19.8 Å². The summed E-state index contributed by atoms with van der Waals surface area (Å²) in [5.74, 6) is -0.0829. The number of rotatable bonds is 12. The highest BCUT2D eigenvalue weighted by Gasteiger charge is 2.45. The topological polar surface area (TPSA) is 77.9 Å².